The quantitative estimate of drug-likeness (QED) is 0.800. The monoisotopic (exact) mass is 381 g/mol. The highest BCUT2D eigenvalue weighted by Gasteiger charge is 2.23. The molecule has 2 aliphatic heterocycles. The van der Waals surface area contributed by atoms with Crippen molar-refractivity contribution in [1.82, 2.24) is 5.32 Å². The number of ether oxygens (including phenoxy) is 2. The van der Waals surface area contributed by atoms with Crippen molar-refractivity contribution in [2.75, 3.05) is 19.7 Å². The summed E-state index contributed by atoms with van der Waals surface area (Å²) in [5.41, 5.74) is 4.94. The molecule has 0 aromatic heterocycles. The number of quaternary nitrogens is 1. The molecule has 0 aliphatic carbocycles. The lowest BCUT2D eigenvalue weighted by Gasteiger charge is -2.25. The molecule has 5 nitrogen and oxygen atoms in total. The van der Waals surface area contributed by atoms with Gasteiger partial charge in [0.25, 0.3) is 5.91 Å². The molecule has 0 radical (unpaired) electrons. The summed E-state index contributed by atoms with van der Waals surface area (Å²) in [4.78, 5) is 13.9. The van der Waals surface area contributed by atoms with Crippen LogP contribution in [0.5, 0.6) is 11.5 Å². The number of nitrogens with one attached hydrogen (secondary N) is 2. The Kier molecular flexibility index (Phi) is 5.53. The molecule has 0 bridgehead atoms. The van der Waals surface area contributed by atoms with Crippen LogP contribution in [-0.4, -0.2) is 31.7 Å². The molecule has 0 saturated carbocycles. The maximum absolute atomic E-state index is 12.5. The van der Waals surface area contributed by atoms with Gasteiger partial charge in [-0.15, -0.1) is 0 Å². The van der Waals surface area contributed by atoms with Crippen LogP contribution in [0.15, 0.2) is 36.4 Å². The Balaban J connectivity index is 1.37. The van der Waals surface area contributed by atoms with Crippen molar-refractivity contribution in [2.45, 2.75) is 45.9 Å². The first-order valence-corrected chi connectivity index (χ1v) is 10.2. The molecule has 0 saturated heterocycles. The molecule has 0 fully saturated rings. The molecular weight excluding hydrogens is 352 g/mol. The predicted octanol–water partition coefficient (Wildman–Crippen LogP) is 1.67. The van der Waals surface area contributed by atoms with Crippen LogP contribution in [0.25, 0.3) is 0 Å². The highest BCUT2D eigenvalue weighted by Crippen LogP contribution is 2.35. The minimum absolute atomic E-state index is 0.0756. The van der Waals surface area contributed by atoms with E-state index in [2.05, 4.69) is 42.6 Å². The lowest BCUT2D eigenvalue weighted by Crippen LogP contribution is -3.12. The molecule has 28 heavy (non-hydrogen) atoms. The Morgan fingerprint density at radius 2 is 2.07 bits per heavy atom. The van der Waals surface area contributed by atoms with Crippen molar-refractivity contribution < 1.29 is 19.2 Å². The number of rotatable bonds is 6. The Labute approximate surface area is 166 Å². The van der Waals surface area contributed by atoms with Crippen LogP contribution in [0.2, 0.25) is 0 Å². The SMILES string of the molecule is CCOc1cc2c(cc1CNC(=O)C[NH+]1CCc3ccccc3C1)O[C@H](C)C2. The van der Waals surface area contributed by atoms with Gasteiger partial charge < -0.3 is 19.7 Å². The van der Waals surface area contributed by atoms with Gasteiger partial charge in [-0.1, -0.05) is 24.3 Å². The molecule has 1 amide bonds. The molecule has 2 aromatic rings. The van der Waals surface area contributed by atoms with Crippen molar-refractivity contribution in [3.05, 3.63) is 58.7 Å². The van der Waals surface area contributed by atoms with E-state index in [4.69, 9.17) is 9.47 Å². The second kappa shape index (κ2) is 8.23. The van der Waals surface area contributed by atoms with Crippen molar-refractivity contribution in [3.8, 4) is 11.5 Å². The number of benzene rings is 2. The first kappa shape index (κ1) is 18.8. The number of carbonyl (C=O) groups is 1. The Bertz CT molecular complexity index is 865. The van der Waals surface area contributed by atoms with Crippen molar-refractivity contribution >= 4 is 5.91 Å². The zero-order valence-corrected chi connectivity index (χ0v) is 16.7. The topological polar surface area (TPSA) is 52.0 Å². The van der Waals surface area contributed by atoms with E-state index in [-0.39, 0.29) is 12.0 Å². The number of hydrogen-bond acceptors (Lipinski definition) is 3. The number of hydrogen-bond donors (Lipinski definition) is 2. The van der Waals surface area contributed by atoms with Crippen LogP contribution in [0, 0.1) is 0 Å². The summed E-state index contributed by atoms with van der Waals surface area (Å²) < 4.78 is 11.7. The van der Waals surface area contributed by atoms with E-state index in [9.17, 15) is 4.79 Å². The largest absolute Gasteiger partial charge is 0.494 e. The van der Waals surface area contributed by atoms with Crippen LogP contribution < -0.4 is 19.7 Å². The molecule has 5 heteroatoms. The van der Waals surface area contributed by atoms with Crippen LogP contribution in [0.1, 0.15) is 36.1 Å². The zero-order chi connectivity index (χ0) is 19.5. The van der Waals surface area contributed by atoms with E-state index in [1.165, 1.54) is 21.6 Å². The molecule has 148 valence electrons. The summed E-state index contributed by atoms with van der Waals surface area (Å²) in [5, 5.41) is 3.08. The molecule has 2 aliphatic rings. The maximum atomic E-state index is 12.5. The number of carbonyl (C=O) groups excluding carboxylic acids is 1. The standard InChI is InChI=1S/C23H28N2O3/c1-3-27-21-11-19-10-16(2)28-22(19)12-20(21)13-24-23(26)15-25-9-8-17-6-4-5-7-18(17)14-25/h4-7,11-12,16H,3,8-10,13-15H2,1-2H3,(H,24,26)/p+1/t16-/m1/s1. The van der Waals surface area contributed by atoms with E-state index < -0.39 is 0 Å². The molecule has 2 aromatic carbocycles. The second-order valence-corrected chi connectivity index (χ2v) is 7.78. The first-order chi connectivity index (χ1) is 13.6. The third-order valence-electron chi connectivity index (χ3n) is 5.57. The third kappa shape index (κ3) is 4.14. The van der Waals surface area contributed by atoms with Gasteiger partial charge in [-0.2, -0.15) is 0 Å². The summed E-state index contributed by atoms with van der Waals surface area (Å²) in [6, 6.07) is 12.6. The summed E-state index contributed by atoms with van der Waals surface area (Å²) >= 11 is 0. The number of amides is 1. The first-order valence-electron chi connectivity index (χ1n) is 10.2. The smallest absolute Gasteiger partial charge is 0.275 e. The fourth-order valence-corrected chi connectivity index (χ4v) is 4.19. The van der Waals surface area contributed by atoms with E-state index in [0.717, 1.165) is 43.0 Å². The fraction of sp³-hybridized carbons (Fsp3) is 0.435. The average molecular weight is 381 g/mol. The summed E-state index contributed by atoms with van der Waals surface area (Å²) in [6.07, 6.45) is 2.13. The van der Waals surface area contributed by atoms with E-state index >= 15 is 0 Å². The lowest BCUT2D eigenvalue weighted by atomic mass is 10.00. The Morgan fingerprint density at radius 3 is 2.89 bits per heavy atom. The van der Waals surface area contributed by atoms with Crippen LogP contribution in [-0.2, 0) is 30.7 Å². The molecule has 2 N–H and O–H groups in total. The van der Waals surface area contributed by atoms with Crippen molar-refractivity contribution in [3.63, 3.8) is 0 Å². The zero-order valence-electron chi connectivity index (χ0n) is 16.7. The normalized spacial score (nSPS) is 20.1. The van der Waals surface area contributed by atoms with Gasteiger partial charge in [0.2, 0.25) is 0 Å². The molecule has 2 atom stereocenters. The molecule has 4 rings (SSSR count). The van der Waals surface area contributed by atoms with Gasteiger partial charge in [0.15, 0.2) is 6.54 Å². The predicted molar refractivity (Wildman–Crippen MR) is 108 cm³/mol. The summed E-state index contributed by atoms with van der Waals surface area (Å²) in [6.45, 7) is 7.53. The van der Waals surface area contributed by atoms with Crippen molar-refractivity contribution in [1.29, 1.82) is 0 Å². The second-order valence-electron chi connectivity index (χ2n) is 7.78. The minimum atomic E-state index is 0.0756. The third-order valence-corrected chi connectivity index (χ3v) is 5.57. The number of fused-ring (bicyclic) bond motifs is 2. The summed E-state index contributed by atoms with van der Waals surface area (Å²) in [7, 11) is 0. The van der Waals surface area contributed by atoms with Gasteiger partial charge in [-0.05, 0) is 31.5 Å². The highest BCUT2D eigenvalue weighted by molar-refractivity contribution is 5.77. The van der Waals surface area contributed by atoms with Crippen LogP contribution in [0.3, 0.4) is 0 Å². The molecule has 1 unspecified atom stereocenters. The van der Waals surface area contributed by atoms with E-state index in [1.54, 1.807) is 0 Å². The van der Waals surface area contributed by atoms with Crippen LogP contribution >= 0.6 is 0 Å². The molecule has 0 spiro atoms. The maximum Gasteiger partial charge on any atom is 0.275 e. The van der Waals surface area contributed by atoms with Gasteiger partial charge in [-0.25, -0.2) is 0 Å². The fourth-order valence-electron chi connectivity index (χ4n) is 4.19. The molecule has 2 heterocycles. The van der Waals surface area contributed by atoms with E-state index in [0.29, 0.717) is 19.7 Å². The lowest BCUT2D eigenvalue weighted by molar-refractivity contribution is -0.908. The van der Waals surface area contributed by atoms with Gasteiger partial charge in [0.05, 0.1) is 13.2 Å². The van der Waals surface area contributed by atoms with Gasteiger partial charge >= 0.3 is 0 Å². The van der Waals surface area contributed by atoms with Crippen LogP contribution in [0.4, 0.5) is 0 Å². The van der Waals surface area contributed by atoms with E-state index in [1.807, 2.05) is 13.0 Å². The van der Waals surface area contributed by atoms with Gasteiger partial charge in [0.1, 0.15) is 24.1 Å². The highest BCUT2D eigenvalue weighted by atomic mass is 16.5. The van der Waals surface area contributed by atoms with Gasteiger partial charge in [-0.3, -0.25) is 4.79 Å². The average Bonchev–Trinajstić information content (AvgIpc) is 3.05. The Hall–Kier alpha value is -2.53. The van der Waals surface area contributed by atoms with Crippen molar-refractivity contribution in [2.24, 2.45) is 0 Å². The minimum Gasteiger partial charge on any atom is -0.494 e. The summed E-state index contributed by atoms with van der Waals surface area (Å²) in [5.74, 6) is 1.84. The molecular formula is C23H29N2O3+. The van der Waals surface area contributed by atoms with Gasteiger partial charge in [0, 0.05) is 36.1 Å². The Morgan fingerprint density at radius 1 is 1.25 bits per heavy atom.